The fraction of sp³-hybridized carbons (Fsp3) is 0.947. The van der Waals surface area contributed by atoms with Crippen LogP contribution in [0, 0.1) is 5.92 Å². The molecule has 7 heteroatoms. The number of ether oxygens (including phenoxy) is 1. The van der Waals surface area contributed by atoms with E-state index in [1.54, 1.807) is 0 Å². The summed E-state index contributed by atoms with van der Waals surface area (Å²) in [5, 5.41) is 6.90. The Bertz CT molecular complexity index is 382. The number of likely N-dealkylation sites (N-methyl/N-ethyl adjacent to an activating group) is 1. The number of nitrogens with zero attached hydrogens (tertiary/aromatic N) is 3. The molecule has 6 nitrogen and oxygen atoms in total. The molecule has 1 unspecified atom stereocenters. The first-order valence-electron chi connectivity index (χ1n) is 10.2. The first-order valence-corrected chi connectivity index (χ1v) is 10.2. The van der Waals surface area contributed by atoms with Gasteiger partial charge in [-0.2, -0.15) is 0 Å². The smallest absolute Gasteiger partial charge is 0.191 e. The van der Waals surface area contributed by atoms with Crippen molar-refractivity contribution < 1.29 is 4.74 Å². The summed E-state index contributed by atoms with van der Waals surface area (Å²) in [7, 11) is 4.40. The molecule has 26 heavy (non-hydrogen) atoms. The number of nitrogens with one attached hydrogen (secondary N) is 2. The van der Waals surface area contributed by atoms with E-state index in [2.05, 4.69) is 41.5 Å². The Morgan fingerprint density at radius 3 is 2.46 bits per heavy atom. The van der Waals surface area contributed by atoms with Crippen molar-refractivity contribution in [3.63, 3.8) is 0 Å². The Balaban J connectivity index is 0.00000338. The van der Waals surface area contributed by atoms with Crippen molar-refractivity contribution in [3.8, 4) is 0 Å². The lowest BCUT2D eigenvalue weighted by Crippen LogP contribution is -2.45. The van der Waals surface area contributed by atoms with Gasteiger partial charge in [0, 0.05) is 38.8 Å². The minimum atomic E-state index is 0. The van der Waals surface area contributed by atoms with Crippen molar-refractivity contribution in [2.24, 2.45) is 10.9 Å². The van der Waals surface area contributed by atoms with Crippen molar-refractivity contribution in [1.29, 1.82) is 0 Å². The average molecular weight is 481 g/mol. The van der Waals surface area contributed by atoms with Gasteiger partial charge in [-0.25, -0.2) is 0 Å². The molecule has 0 bridgehead atoms. The maximum atomic E-state index is 5.41. The summed E-state index contributed by atoms with van der Waals surface area (Å²) in [6, 6.07) is 0.551. The summed E-state index contributed by atoms with van der Waals surface area (Å²) < 4.78 is 5.41. The molecular formula is C19H40IN5O. The highest BCUT2D eigenvalue weighted by Crippen LogP contribution is 2.28. The summed E-state index contributed by atoms with van der Waals surface area (Å²) in [5.74, 6) is 1.75. The van der Waals surface area contributed by atoms with Crippen LogP contribution in [-0.2, 0) is 4.74 Å². The van der Waals surface area contributed by atoms with Crippen LogP contribution in [0.2, 0.25) is 0 Å². The predicted molar refractivity (Wildman–Crippen MR) is 121 cm³/mol. The molecular weight excluding hydrogens is 441 g/mol. The molecule has 1 aliphatic heterocycles. The van der Waals surface area contributed by atoms with Gasteiger partial charge in [0.15, 0.2) is 5.96 Å². The topological polar surface area (TPSA) is 52.1 Å². The normalized spacial score (nSPS) is 21.3. The number of hydrogen-bond donors (Lipinski definition) is 2. The van der Waals surface area contributed by atoms with Gasteiger partial charge in [0.25, 0.3) is 0 Å². The Kier molecular flexibility index (Phi) is 12.8. The molecule has 0 aromatic heterocycles. The minimum absolute atomic E-state index is 0. The van der Waals surface area contributed by atoms with Crippen LogP contribution in [0.25, 0.3) is 0 Å². The van der Waals surface area contributed by atoms with E-state index in [9.17, 15) is 0 Å². The third-order valence-electron chi connectivity index (χ3n) is 5.46. The van der Waals surface area contributed by atoms with Gasteiger partial charge in [-0.3, -0.25) is 9.89 Å². The molecule has 2 aliphatic rings. The second kappa shape index (κ2) is 14.0. The summed E-state index contributed by atoms with van der Waals surface area (Å²) in [6.07, 6.45) is 6.90. The van der Waals surface area contributed by atoms with Crippen LogP contribution in [0.3, 0.4) is 0 Å². The molecule has 0 spiro atoms. The molecule has 2 N–H and O–H groups in total. The van der Waals surface area contributed by atoms with Crippen LogP contribution in [0.1, 0.15) is 39.0 Å². The fourth-order valence-corrected chi connectivity index (χ4v) is 3.94. The van der Waals surface area contributed by atoms with Gasteiger partial charge in [0.1, 0.15) is 0 Å². The third-order valence-corrected chi connectivity index (χ3v) is 5.46. The second-order valence-corrected chi connectivity index (χ2v) is 7.53. The van der Waals surface area contributed by atoms with E-state index < -0.39 is 0 Å². The van der Waals surface area contributed by atoms with Gasteiger partial charge >= 0.3 is 0 Å². The number of morpholine rings is 1. The van der Waals surface area contributed by atoms with Gasteiger partial charge in [-0.1, -0.05) is 19.3 Å². The van der Waals surface area contributed by atoms with E-state index in [-0.39, 0.29) is 24.0 Å². The number of halogens is 1. The van der Waals surface area contributed by atoms with Crippen molar-refractivity contribution in [2.45, 2.75) is 45.1 Å². The summed E-state index contributed by atoms with van der Waals surface area (Å²) >= 11 is 0. The highest BCUT2D eigenvalue weighted by atomic mass is 127. The molecule has 1 atom stereocenters. The Morgan fingerprint density at radius 1 is 1.15 bits per heavy atom. The molecule has 1 aliphatic carbocycles. The zero-order valence-electron chi connectivity index (χ0n) is 17.0. The van der Waals surface area contributed by atoms with Crippen molar-refractivity contribution >= 4 is 29.9 Å². The van der Waals surface area contributed by atoms with Crippen LogP contribution in [0.5, 0.6) is 0 Å². The van der Waals surface area contributed by atoms with Crippen molar-refractivity contribution in [3.05, 3.63) is 0 Å². The van der Waals surface area contributed by atoms with E-state index in [1.165, 1.54) is 32.1 Å². The lowest BCUT2D eigenvalue weighted by atomic mass is 9.83. The minimum Gasteiger partial charge on any atom is -0.379 e. The maximum absolute atomic E-state index is 5.41. The highest BCUT2D eigenvalue weighted by molar-refractivity contribution is 14.0. The number of aliphatic imine (C=N–C) groups is 1. The zero-order chi connectivity index (χ0) is 17.9. The number of rotatable bonds is 8. The van der Waals surface area contributed by atoms with Crippen LogP contribution in [0.4, 0.5) is 0 Å². The lowest BCUT2D eigenvalue weighted by molar-refractivity contribution is 0.0389. The molecule has 2 fully saturated rings. The zero-order valence-corrected chi connectivity index (χ0v) is 19.3. The molecule has 0 radical (unpaired) electrons. The Labute approximate surface area is 177 Å². The molecule has 1 saturated heterocycles. The summed E-state index contributed by atoms with van der Waals surface area (Å²) in [6.45, 7) is 9.70. The lowest BCUT2D eigenvalue weighted by Gasteiger charge is -2.34. The fourth-order valence-electron chi connectivity index (χ4n) is 3.94. The molecule has 1 saturated carbocycles. The number of guanidine groups is 1. The Hall–Kier alpha value is -0.120. The van der Waals surface area contributed by atoms with Gasteiger partial charge in [0.2, 0.25) is 0 Å². The van der Waals surface area contributed by atoms with Gasteiger partial charge < -0.3 is 20.3 Å². The quantitative estimate of drug-likeness (QED) is 0.316. The van der Waals surface area contributed by atoms with E-state index >= 15 is 0 Å². The first kappa shape index (κ1) is 23.9. The average Bonchev–Trinajstić information content (AvgIpc) is 2.63. The van der Waals surface area contributed by atoms with Gasteiger partial charge in [0.05, 0.1) is 19.8 Å². The molecule has 2 rings (SSSR count). The standard InChI is InChI=1S/C19H39N5O.HI/c1-4-20-19(21-10-11-24-12-14-25-15-13-24)22-16-18(23(2)3)17-8-6-5-7-9-17;/h17-18H,4-16H2,1-3H3,(H2,20,21,22);1H. The van der Waals surface area contributed by atoms with E-state index in [4.69, 9.17) is 9.73 Å². The Morgan fingerprint density at radius 2 is 1.85 bits per heavy atom. The SMILES string of the molecule is CCNC(=NCC(C1CCCCC1)N(C)C)NCCN1CCOCC1.I. The summed E-state index contributed by atoms with van der Waals surface area (Å²) in [5.41, 5.74) is 0. The molecule has 0 aromatic rings. The second-order valence-electron chi connectivity index (χ2n) is 7.53. The molecule has 154 valence electrons. The summed E-state index contributed by atoms with van der Waals surface area (Å²) in [4.78, 5) is 9.72. The predicted octanol–water partition coefficient (Wildman–Crippen LogP) is 2.00. The molecule has 0 amide bonds. The van der Waals surface area contributed by atoms with Crippen molar-refractivity contribution in [1.82, 2.24) is 20.4 Å². The first-order chi connectivity index (χ1) is 12.2. The van der Waals surface area contributed by atoms with E-state index in [0.29, 0.717) is 6.04 Å². The highest BCUT2D eigenvalue weighted by Gasteiger charge is 2.25. The molecule has 0 aromatic carbocycles. The van der Waals surface area contributed by atoms with Gasteiger partial charge in [-0.05, 0) is 39.8 Å². The van der Waals surface area contributed by atoms with Crippen LogP contribution in [-0.4, -0.2) is 88.4 Å². The molecule has 1 heterocycles. The van der Waals surface area contributed by atoms with Crippen molar-refractivity contribution in [2.75, 3.05) is 66.6 Å². The van der Waals surface area contributed by atoms with Crippen LogP contribution < -0.4 is 10.6 Å². The maximum Gasteiger partial charge on any atom is 0.191 e. The monoisotopic (exact) mass is 481 g/mol. The largest absolute Gasteiger partial charge is 0.379 e. The van der Waals surface area contributed by atoms with Crippen LogP contribution in [0.15, 0.2) is 4.99 Å². The van der Waals surface area contributed by atoms with Crippen LogP contribution >= 0.6 is 24.0 Å². The van der Waals surface area contributed by atoms with E-state index in [0.717, 1.165) is 64.4 Å². The van der Waals surface area contributed by atoms with E-state index in [1.807, 2.05) is 0 Å². The number of hydrogen-bond acceptors (Lipinski definition) is 4. The third kappa shape index (κ3) is 8.71. The van der Waals surface area contributed by atoms with Gasteiger partial charge in [-0.15, -0.1) is 24.0 Å².